The lowest BCUT2D eigenvalue weighted by Gasteiger charge is -2.08. The Kier molecular flexibility index (Phi) is 7.79. The number of ether oxygens (including phenoxy) is 2. The number of hydrogen-bond acceptors (Lipinski definition) is 4. The van der Waals surface area contributed by atoms with E-state index in [-0.39, 0.29) is 5.91 Å². The van der Waals surface area contributed by atoms with E-state index < -0.39 is 0 Å². The van der Waals surface area contributed by atoms with E-state index >= 15 is 0 Å². The number of rotatable bonds is 9. The molecule has 0 saturated carbocycles. The van der Waals surface area contributed by atoms with E-state index in [4.69, 9.17) is 21.1 Å². The quantitative estimate of drug-likeness (QED) is 0.687. The third kappa shape index (κ3) is 6.72. The highest BCUT2D eigenvalue weighted by atomic mass is 35.5. The number of amides is 1. The molecule has 4 nitrogen and oxygen atoms in total. The van der Waals surface area contributed by atoms with Gasteiger partial charge in [-0.05, 0) is 42.0 Å². The SMILES string of the molecule is COc1ccc(OCCNC(=O)CSCc2ccc(Cl)cc2)cc1. The van der Waals surface area contributed by atoms with Gasteiger partial charge in [-0.25, -0.2) is 0 Å². The second kappa shape index (κ2) is 10.1. The summed E-state index contributed by atoms with van der Waals surface area (Å²) in [4.78, 5) is 11.8. The van der Waals surface area contributed by atoms with Crippen LogP contribution in [-0.4, -0.2) is 31.9 Å². The molecule has 2 aromatic carbocycles. The minimum atomic E-state index is 0.00675. The molecule has 2 rings (SSSR count). The molecular weight excluding hydrogens is 346 g/mol. The fraction of sp³-hybridized carbons (Fsp3) is 0.278. The van der Waals surface area contributed by atoms with Crippen LogP contribution in [0, 0.1) is 0 Å². The molecule has 0 atom stereocenters. The smallest absolute Gasteiger partial charge is 0.230 e. The molecule has 0 fully saturated rings. The maximum absolute atomic E-state index is 11.8. The van der Waals surface area contributed by atoms with Crippen molar-refractivity contribution in [2.45, 2.75) is 5.75 Å². The third-order valence-electron chi connectivity index (χ3n) is 3.17. The summed E-state index contributed by atoms with van der Waals surface area (Å²) < 4.78 is 10.6. The Bertz CT molecular complexity index is 632. The fourth-order valence-corrected chi connectivity index (χ4v) is 2.87. The van der Waals surface area contributed by atoms with Gasteiger partial charge >= 0.3 is 0 Å². The summed E-state index contributed by atoms with van der Waals surface area (Å²) in [6.45, 7) is 0.909. The molecule has 0 aliphatic rings. The topological polar surface area (TPSA) is 47.6 Å². The highest BCUT2D eigenvalue weighted by Gasteiger charge is 2.02. The number of carbonyl (C=O) groups excluding carboxylic acids is 1. The molecule has 0 aliphatic carbocycles. The van der Waals surface area contributed by atoms with Crippen LogP contribution in [0.1, 0.15) is 5.56 Å². The predicted molar refractivity (Wildman–Crippen MR) is 99.1 cm³/mol. The van der Waals surface area contributed by atoms with Crippen LogP contribution in [0.25, 0.3) is 0 Å². The van der Waals surface area contributed by atoms with Gasteiger partial charge in [-0.15, -0.1) is 11.8 Å². The first-order valence-electron chi connectivity index (χ1n) is 7.53. The van der Waals surface area contributed by atoms with E-state index in [1.54, 1.807) is 18.9 Å². The van der Waals surface area contributed by atoms with Crippen LogP contribution in [-0.2, 0) is 10.5 Å². The summed E-state index contributed by atoms with van der Waals surface area (Å²) in [6, 6.07) is 15.0. The zero-order valence-electron chi connectivity index (χ0n) is 13.5. The molecular formula is C18H20ClNO3S. The molecule has 24 heavy (non-hydrogen) atoms. The van der Waals surface area contributed by atoms with Crippen LogP contribution in [0.15, 0.2) is 48.5 Å². The molecule has 0 spiro atoms. The molecule has 0 aliphatic heterocycles. The van der Waals surface area contributed by atoms with Crippen LogP contribution in [0.4, 0.5) is 0 Å². The van der Waals surface area contributed by atoms with Gasteiger partial charge in [0, 0.05) is 10.8 Å². The van der Waals surface area contributed by atoms with E-state index in [1.807, 2.05) is 48.5 Å². The Morgan fingerprint density at radius 3 is 2.42 bits per heavy atom. The minimum absolute atomic E-state index is 0.00675. The Morgan fingerprint density at radius 2 is 1.75 bits per heavy atom. The second-order valence-corrected chi connectivity index (χ2v) is 6.42. The van der Waals surface area contributed by atoms with E-state index in [1.165, 1.54) is 0 Å². The summed E-state index contributed by atoms with van der Waals surface area (Å²) in [5.41, 5.74) is 1.15. The summed E-state index contributed by atoms with van der Waals surface area (Å²) in [6.07, 6.45) is 0. The van der Waals surface area contributed by atoms with E-state index in [0.29, 0.717) is 18.9 Å². The summed E-state index contributed by atoms with van der Waals surface area (Å²) in [5, 5.41) is 3.56. The van der Waals surface area contributed by atoms with Crippen molar-refractivity contribution in [3.05, 3.63) is 59.1 Å². The Hall–Kier alpha value is -1.85. The molecule has 6 heteroatoms. The van der Waals surface area contributed by atoms with Gasteiger partial charge in [-0.2, -0.15) is 0 Å². The predicted octanol–water partition coefficient (Wildman–Crippen LogP) is 3.78. The first kappa shape index (κ1) is 18.5. The van der Waals surface area contributed by atoms with Crippen LogP contribution in [0.5, 0.6) is 11.5 Å². The zero-order chi connectivity index (χ0) is 17.2. The Labute approximate surface area is 151 Å². The molecule has 0 radical (unpaired) electrons. The van der Waals surface area contributed by atoms with Crippen molar-refractivity contribution < 1.29 is 14.3 Å². The molecule has 0 heterocycles. The molecule has 0 unspecified atom stereocenters. The van der Waals surface area contributed by atoms with E-state index in [9.17, 15) is 4.79 Å². The molecule has 0 aromatic heterocycles. The monoisotopic (exact) mass is 365 g/mol. The maximum Gasteiger partial charge on any atom is 0.230 e. The van der Waals surface area contributed by atoms with Crippen molar-refractivity contribution in [1.29, 1.82) is 0 Å². The lowest BCUT2D eigenvalue weighted by Crippen LogP contribution is -2.29. The number of methoxy groups -OCH3 is 1. The van der Waals surface area contributed by atoms with Gasteiger partial charge in [0.25, 0.3) is 0 Å². The number of hydrogen-bond donors (Lipinski definition) is 1. The highest BCUT2D eigenvalue weighted by Crippen LogP contribution is 2.17. The van der Waals surface area contributed by atoms with Gasteiger partial charge in [0.05, 0.1) is 19.4 Å². The standard InChI is InChI=1S/C18H20ClNO3S/c1-22-16-6-8-17(9-7-16)23-11-10-20-18(21)13-24-12-14-2-4-15(19)5-3-14/h2-9H,10-13H2,1H3,(H,20,21). The summed E-state index contributed by atoms with van der Waals surface area (Å²) in [7, 11) is 1.62. The number of halogens is 1. The van der Waals surface area contributed by atoms with Crippen LogP contribution < -0.4 is 14.8 Å². The first-order valence-corrected chi connectivity index (χ1v) is 9.06. The Morgan fingerprint density at radius 1 is 1.08 bits per heavy atom. The van der Waals surface area contributed by atoms with Crippen molar-refractivity contribution in [3.8, 4) is 11.5 Å². The Balaban J connectivity index is 1.56. The average molecular weight is 366 g/mol. The van der Waals surface area contributed by atoms with Crippen molar-refractivity contribution in [1.82, 2.24) is 5.32 Å². The van der Waals surface area contributed by atoms with Gasteiger partial charge in [-0.1, -0.05) is 23.7 Å². The fourth-order valence-electron chi connectivity index (χ4n) is 1.92. The largest absolute Gasteiger partial charge is 0.497 e. The second-order valence-electron chi connectivity index (χ2n) is 4.99. The van der Waals surface area contributed by atoms with Crippen LogP contribution >= 0.6 is 23.4 Å². The maximum atomic E-state index is 11.8. The summed E-state index contributed by atoms with van der Waals surface area (Å²) in [5.74, 6) is 2.75. The highest BCUT2D eigenvalue weighted by molar-refractivity contribution is 7.99. The number of nitrogens with one attached hydrogen (secondary N) is 1. The molecule has 1 N–H and O–H groups in total. The van der Waals surface area contributed by atoms with Crippen molar-refractivity contribution in [2.24, 2.45) is 0 Å². The van der Waals surface area contributed by atoms with Crippen LogP contribution in [0.2, 0.25) is 5.02 Å². The van der Waals surface area contributed by atoms with Gasteiger partial charge in [0.15, 0.2) is 0 Å². The van der Waals surface area contributed by atoms with Gasteiger partial charge in [-0.3, -0.25) is 4.79 Å². The van der Waals surface area contributed by atoms with E-state index in [2.05, 4.69) is 5.32 Å². The normalized spacial score (nSPS) is 10.2. The number of carbonyl (C=O) groups is 1. The third-order valence-corrected chi connectivity index (χ3v) is 4.42. The van der Waals surface area contributed by atoms with Crippen molar-refractivity contribution in [3.63, 3.8) is 0 Å². The lowest BCUT2D eigenvalue weighted by molar-refractivity contribution is -0.118. The molecule has 2 aromatic rings. The first-order chi connectivity index (χ1) is 11.7. The van der Waals surface area contributed by atoms with Crippen molar-refractivity contribution in [2.75, 3.05) is 26.0 Å². The number of benzene rings is 2. The summed E-state index contributed by atoms with van der Waals surface area (Å²) >= 11 is 7.41. The number of thioether (sulfide) groups is 1. The average Bonchev–Trinajstić information content (AvgIpc) is 2.61. The van der Waals surface area contributed by atoms with Crippen LogP contribution in [0.3, 0.4) is 0 Å². The molecule has 0 saturated heterocycles. The van der Waals surface area contributed by atoms with Gasteiger partial charge < -0.3 is 14.8 Å². The zero-order valence-corrected chi connectivity index (χ0v) is 15.0. The van der Waals surface area contributed by atoms with Gasteiger partial charge in [0.1, 0.15) is 18.1 Å². The van der Waals surface area contributed by atoms with Gasteiger partial charge in [0.2, 0.25) is 5.91 Å². The minimum Gasteiger partial charge on any atom is -0.497 e. The molecule has 1 amide bonds. The lowest BCUT2D eigenvalue weighted by atomic mass is 10.2. The molecule has 128 valence electrons. The molecule has 0 bridgehead atoms. The van der Waals surface area contributed by atoms with Crippen molar-refractivity contribution >= 4 is 29.3 Å². The van der Waals surface area contributed by atoms with E-state index in [0.717, 1.165) is 27.8 Å².